The zero-order valence-electron chi connectivity index (χ0n) is 24.0. The molecule has 1 saturated heterocycles. The summed E-state index contributed by atoms with van der Waals surface area (Å²) >= 11 is 5.76. The molecule has 0 bridgehead atoms. The van der Waals surface area contributed by atoms with Crippen LogP contribution < -0.4 is 4.74 Å². The molecule has 5 aromatic rings. The molecular formula is C32H25ClF4N4O4. The van der Waals surface area contributed by atoms with Crippen molar-refractivity contribution >= 4 is 28.6 Å². The van der Waals surface area contributed by atoms with Crippen LogP contribution in [0, 0.1) is 28.7 Å². The number of halogens is 5. The van der Waals surface area contributed by atoms with Crippen LogP contribution in [0.1, 0.15) is 47.2 Å². The fourth-order valence-electron chi connectivity index (χ4n) is 5.36. The predicted molar refractivity (Wildman–Crippen MR) is 156 cm³/mol. The molecule has 6 rings (SSSR count). The third-order valence-electron chi connectivity index (χ3n) is 7.79. The Kier molecular flexibility index (Phi) is 7.96. The molecule has 0 spiro atoms. The lowest BCUT2D eigenvalue weighted by Gasteiger charge is -2.28. The highest BCUT2D eigenvalue weighted by atomic mass is 35.5. The summed E-state index contributed by atoms with van der Waals surface area (Å²) in [5.41, 5.74) is 0.461. The Morgan fingerprint density at radius 3 is 2.51 bits per heavy atom. The first-order valence-electron chi connectivity index (χ1n) is 13.8. The van der Waals surface area contributed by atoms with E-state index >= 15 is 8.78 Å². The van der Waals surface area contributed by atoms with Crippen LogP contribution in [-0.2, 0) is 17.8 Å². The minimum absolute atomic E-state index is 0.0280. The maximum atomic E-state index is 15.6. The molecule has 2 aromatic heterocycles. The van der Waals surface area contributed by atoms with Gasteiger partial charge in [0.05, 0.1) is 47.6 Å². The van der Waals surface area contributed by atoms with Crippen molar-refractivity contribution in [3.05, 3.63) is 106 Å². The number of carbonyl (C=O) groups is 1. The number of rotatable bonds is 8. The maximum absolute atomic E-state index is 15.6. The summed E-state index contributed by atoms with van der Waals surface area (Å²) in [5.74, 6) is -4.95. The second-order valence-electron chi connectivity index (χ2n) is 11.4. The third-order valence-corrected chi connectivity index (χ3v) is 8.03. The summed E-state index contributed by atoms with van der Waals surface area (Å²) < 4.78 is 72.6. The van der Waals surface area contributed by atoms with Gasteiger partial charge in [-0.1, -0.05) is 31.5 Å². The SMILES string of the molecule is CC1(C)COC[C@H]1n1c(Cc2cc(F)c(-c3ncc(F)c(OCc4ccc(Cl)cc4F)n3)cc2F)nc2ccc(C(=O)O)cc21. The Bertz CT molecular complexity index is 1970. The molecule has 1 aliphatic rings. The highest BCUT2D eigenvalue weighted by molar-refractivity contribution is 6.30. The summed E-state index contributed by atoms with van der Waals surface area (Å²) in [6.07, 6.45) is 0.623. The number of imidazole rings is 1. The van der Waals surface area contributed by atoms with Gasteiger partial charge in [-0.05, 0) is 48.0 Å². The standard InChI is InChI=1S/C32H25ClF4N4O4/c1-32(2)15-44-14-27(32)41-26-8-16(31(42)43)4-6-25(26)39-28(41)9-18-7-23(36)20(11-22(18)35)29-38-12-24(37)30(40-29)45-13-17-3-5-19(33)10-21(17)34/h3-8,10-12,27H,9,13-15H2,1-2H3,(H,42,43)/t27-/m1/s1. The Hall–Kier alpha value is -4.55. The first kappa shape index (κ1) is 30.5. The van der Waals surface area contributed by atoms with E-state index in [4.69, 9.17) is 21.1 Å². The molecule has 0 saturated carbocycles. The fraction of sp³-hybridized carbons (Fsp3) is 0.250. The van der Waals surface area contributed by atoms with Gasteiger partial charge in [0.2, 0.25) is 5.82 Å². The molecular weight excluding hydrogens is 616 g/mol. The van der Waals surface area contributed by atoms with Crippen molar-refractivity contribution in [1.82, 2.24) is 19.5 Å². The number of hydrogen-bond donors (Lipinski definition) is 1. The Morgan fingerprint density at radius 1 is 1.02 bits per heavy atom. The van der Waals surface area contributed by atoms with E-state index in [1.807, 2.05) is 18.4 Å². The van der Waals surface area contributed by atoms with Crippen LogP contribution in [0.15, 0.2) is 54.7 Å². The normalized spacial score (nSPS) is 15.9. The average molecular weight is 641 g/mol. The molecule has 3 aromatic carbocycles. The number of fused-ring (bicyclic) bond motifs is 1. The van der Waals surface area contributed by atoms with Crippen LogP contribution in [-0.4, -0.2) is 43.8 Å². The lowest BCUT2D eigenvalue weighted by molar-refractivity contribution is 0.0697. The van der Waals surface area contributed by atoms with E-state index in [-0.39, 0.29) is 51.0 Å². The van der Waals surface area contributed by atoms with E-state index in [1.54, 1.807) is 6.07 Å². The Balaban J connectivity index is 1.33. The van der Waals surface area contributed by atoms with Gasteiger partial charge in [0.1, 0.15) is 29.9 Å². The Labute approximate surface area is 259 Å². The van der Waals surface area contributed by atoms with E-state index in [9.17, 15) is 18.7 Å². The van der Waals surface area contributed by atoms with E-state index in [0.717, 1.165) is 24.4 Å². The average Bonchev–Trinajstić information content (AvgIpc) is 3.52. The molecule has 3 heterocycles. The minimum Gasteiger partial charge on any atom is -0.478 e. The summed E-state index contributed by atoms with van der Waals surface area (Å²) in [4.78, 5) is 24.1. The zero-order valence-corrected chi connectivity index (χ0v) is 24.7. The number of aromatic nitrogens is 4. The molecule has 1 fully saturated rings. The zero-order chi connectivity index (χ0) is 32.0. The Morgan fingerprint density at radius 2 is 1.80 bits per heavy atom. The van der Waals surface area contributed by atoms with E-state index in [1.165, 1.54) is 24.3 Å². The molecule has 0 radical (unpaired) electrons. The van der Waals surface area contributed by atoms with Crippen molar-refractivity contribution in [3.63, 3.8) is 0 Å². The summed E-state index contributed by atoms with van der Waals surface area (Å²) in [7, 11) is 0. The van der Waals surface area contributed by atoms with Crippen molar-refractivity contribution in [3.8, 4) is 17.3 Å². The number of aromatic carboxylic acids is 1. The molecule has 0 unspecified atom stereocenters. The predicted octanol–water partition coefficient (Wildman–Crippen LogP) is 7.17. The second-order valence-corrected chi connectivity index (χ2v) is 11.8. The van der Waals surface area contributed by atoms with Gasteiger partial charge < -0.3 is 19.1 Å². The maximum Gasteiger partial charge on any atom is 0.335 e. The lowest BCUT2D eigenvalue weighted by atomic mass is 9.87. The van der Waals surface area contributed by atoms with Crippen LogP contribution in [0.5, 0.6) is 5.88 Å². The van der Waals surface area contributed by atoms with Crippen LogP contribution in [0.2, 0.25) is 5.02 Å². The number of nitrogens with zero attached hydrogens (tertiary/aromatic N) is 4. The van der Waals surface area contributed by atoms with Crippen molar-refractivity contribution in [2.24, 2.45) is 5.41 Å². The molecule has 232 valence electrons. The van der Waals surface area contributed by atoms with Gasteiger partial charge >= 0.3 is 5.97 Å². The van der Waals surface area contributed by atoms with Crippen LogP contribution >= 0.6 is 11.6 Å². The van der Waals surface area contributed by atoms with Gasteiger partial charge in [0.25, 0.3) is 5.88 Å². The van der Waals surface area contributed by atoms with Gasteiger partial charge in [-0.25, -0.2) is 27.9 Å². The van der Waals surface area contributed by atoms with Crippen molar-refractivity contribution in [2.75, 3.05) is 13.2 Å². The number of ether oxygens (including phenoxy) is 2. The van der Waals surface area contributed by atoms with Gasteiger partial charge in [0, 0.05) is 22.4 Å². The third kappa shape index (κ3) is 5.95. The molecule has 1 aliphatic heterocycles. The number of carboxylic acids is 1. The van der Waals surface area contributed by atoms with Gasteiger partial charge in [0.15, 0.2) is 5.82 Å². The molecule has 8 nitrogen and oxygen atoms in total. The number of benzene rings is 3. The van der Waals surface area contributed by atoms with Gasteiger partial charge in [-0.2, -0.15) is 9.37 Å². The summed E-state index contributed by atoms with van der Waals surface area (Å²) in [6, 6.07) is 10.0. The highest BCUT2D eigenvalue weighted by Crippen LogP contribution is 2.40. The van der Waals surface area contributed by atoms with Crippen molar-refractivity contribution in [1.29, 1.82) is 0 Å². The summed E-state index contributed by atoms with van der Waals surface area (Å²) in [6.45, 7) is 4.39. The molecule has 0 aliphatic carbocycles. The minimum atomic E-state index is -1.11. The van der Waals surface area contributed by atoms with E-state index < -0.39 is 41.7 Å². The van der Waals surface area contributed by atoms with Crippen LogP contribution in [0.25, 0.3) is 22.4 Å². The molecule has 0 amide bonds. The van der Waals surface area contributed by atoms with Crippen LogP contribution in [0.3, 0.4) is 0 Å². The van der Waals surface area contributed by atoms with Crippen molar-refractivity contribution in [2.45, 2.75) is 32.9 Å². The first-order valence-corrected chi connectivity index (χ1v) is 14.2. The molecule has 13 heteroatoms. The highest BCUT2D eigenvalue weighted by Gasteiger charge is 2.39. The summed E-state index contributed by atoms with van der Waals surface area (Å²) in [5, 5.41) is 9.74. The monoisotopic (exact) mass is 640 g/mol. The lowest BCUT2D eigenvalue weighted by Crippen LogP contribution is -2.27. The second kappa shape index (κ2) is 11.8. The fourth-order valence-corrected chi connectivity index (χ4v) is 5.52. The first-order chi connectivity index (χ1) is 21.4. The molecule has 1 atom stereocenters. The van der Waals surface area contributed by atoms with Gasteiger partial charge in [-0.3, -0.25) is 0 Å². The number of hydrogen-bond acceptors (Lipinski definition) is 6. The smallest absolute Gasteiger partial charge is 0.335 e. The molecule has 1 N–H and O–H groups in total. The van der Waals surface area contributed by atoms with E-state index in [0.29, 0.717) is 30.1 Å². The topological polar surface area (TPSA) is 99.4 Å². The van der Waals surface area contributed by atoms with Gasteiger partial charge in [-0.15, -0.1) is 0 Å². The van der Waals surface area contributed by atoms with E-state index in [2.05, 4.69) is 15.0 Å². The molecule has 45 heavy (non-hydrogen) atoms. The van der Waals surface area contributed by atoms with Crippen molar-refractivity contribution < 1.29 is 36.9 Å². The van der Waals surface area contributed by atoms with Crippen LogP contribution in [0.4, 0.5) is 17.6 Å². The quantitative estimate of drug-likeness (QED) is 0.180. The largest absolute Gasteiger partial charge is 0.478 e. The number of carboxylic acid groups (broad SMARTS) is 1.